The highest BCUT2D eigenvalue weighted by atomic mass is 16.5. The van der Waals surface area contributed by atoms with E-state index >= 15 is 0 Å². The summed E-state index contributed by atoms with van der Waals surface area (Å²) in [6.45, 7) is 8.44. The van der Waals surface area contributed by atoms with Gasteiger partial charge in [-0.1, -0.05) is 38.8 Å². The molecule has 1 aromatic heterocycles. The molecule has 0 aliphatic rings. The van der Waals surface area contributed by atoms with Gasteiger partial charge in [0.1, 0.15) is 17.1 Å². The largest absolute Gasteiger partial charge is 0.548 e. The molecule has 30 heavy (non-hydrogen) atoms. The summed E-state index contributed by atoms with van der Waals surface area (Å²) >= 11 is 0. The van der Waals surface area contributed by atoms with E-state index in [1.807, 2.05) is 63.2 Å². The molecule has 0 radical (unpaired) electrons. The Morgan fingerprint density at radius 3 is 2.50 bits per heavy atom. The first kappa shape index (κ1) is 21.6. The number of carbonyl (C=O) groups is 1. The van der Waals surface area contributed by atoms with Gasteiger partial charge in [0, 0.05) is 17.0 Å². The second kappa shape index (κ2) is 9.61. The fraction of sp³-hybridized carbons (Fsp3) is 0.360. The van der Waals surface area contributed by atoms with Crippen LogP contribution in [0.3, 0.4) is 0 Å². The van der Waals surface area contributed by atoms with Crippen LogP contribution in [0.5, 0.6) is 5.75 Å². The van der Waals surface area contributed by atoms with E-state index in [1.54, 1.807) is 6.07 Å². The van der Waals surface area contributed by atoms with Crippen molar-refractivity contribution < 1.29 is 19.1 Å². The van der Waals surface area contributed by atoms with Crippen LogP contribution in [0.15, 0.2) is 57.9 Å². The van der Waals surface area contributed by atoms with Crippen LogP contribution >= 0.6 is 0 Å². The molecule has 5 nitrogen and oxygen atoms in total. The van der Waals surface area contributed by atoms with E-state index in [0.29, 0.717) is 23.3 Å². The Hall–Kier alpha value is -3.08. The maximum Gasteiger partial charge on any atom is 0.136 e. The van der Waals surface area contributed by atoms with E-state index in [9.17, 15) is 9.90 Å². The molecule has 0 amide bonds. The van der Waals surface area contributed by atoms with Crippen LogP contribution in [0.2, 0.25) is 0 Å². The molecule has 0 aliphatic heterocycles. The van der Waals surface area contributed by atoms with E-state index in [2.05, 4.69) is 11.9 Å². The summed E-state index contributed by atoms with van der Waals surface area (Å²) in [7, 11) is 0. The van der Waals surface area contributed by atoms with Crippen molar-refractivity contribution in [1.29, 1.82) is 0 Å². The molecule has 0 saturated heterocycles. The third kappa shape index (κ3) is 5.09. The predicted octanol–water partition coefficient (Wildman–Crippen LogP) is 4.26. The molecule has 0 spiro atoms. The molecule has 158 valence electrons. The minimum Gasteiger partial charge on any atom is -0.548 e. The number of benzene rings is 2. The first-order valence-corrected chi connectivity index (χ1v) is 10.4. The summed E-state index contributed by atoms with van der Waals surface area (Å²) in [4.78, 5) is 16.1. The van der Waals surface area contributed by atoms with Gasteiger partial charge in [-0.15, -0.1) is 0 Å². The quantitative estimate of drug-likeness (QED) is 0.524. The molecule has 5 heteroatoms. The lowest BCUT2D eigenvalue weighted by molar-refractivity contribution is -0.308. The van der Waals surface area contributed by atoms with Gasteiger partial charge in [0.2, 0.25) is 0 Å². The minimum atomic E-state index is -1.18. The van der Waals surface area contributed by atoms with Crippen LogP contribution in [0.25, 0.3) is 22.3 Å². The lowest BCUT2D eigenvalue weighted by Gasteiger charge is -2.17. The third-order valence-corrected chi connectivity index (χ3v) is 4.96. The summed E-state index contributed by atoms with van der Waals surface area (Å²) in [6.07, 6.45) is 2.10. The first-order chi connectivity index (χ1) is 14.4. The van der Waals surface area contributed by atoms with Gasteiger partial charge >= 0.3 is 0 Å². The highest BCUT2D eigenvalue weighted by molar-refractivity contribution is 5.80. The van der Waals surface area contributed by atoms with E-state index in [4.69, 9.17) is 9.15 Å². The Morgan fingerprint density at radius 1 is 1.13 bits per heavy atom. The van der Waals surface area contributed by atoms with Crippen molar-refractivity contribution in [3.8, 4) is 17.1 Å². The molecule has 0 saturated carbocycles. The lowest BCUT2D eigenvalue weighted by Crippen LogP contribution is -2.39. The third-order valence-electron chi connectivity index (χ3n) is 4.96. The van der Waals surface area contributed by atoms with Gasteiger partial charge in [0.05, 0.1) is 24.0 Å². The summed E-state index contributed by atoms with van der Waals surface area (Å²) < 4.78 is 11.8. The van der Waals surface area contributed by atoms with Gasteiger partial charge in [0.15, 0.2) is 0 Å². The SMILES string of the molecule is CCCCOc1ccc(-c2cc(=N[C@@H](C(=O)[O-])C(C)C)c3cc(C)ccc3o2)cc1. The molecule has 3 rings (SSSR count). The van der Waals surface area contributed by atoms with Gasteiger partial charge < -0.3 is 19.1 Å². The number of rotatable bonds is 8. The molecule has 0 fully saturated rings. The van der Waals surface area contributed by atoms with Crippen molar-refractivity contribution in [2.75, 3.05) is 6.61 Å². The number of hydrogen-bond donors (Lipinski definition) is 0. The van der Waals surface area contributed by atoms with Gasteiger partial charge in [-0.05, 0) is 55.7 Å². The molecule has 2 aromatic carbocycles. The van der Waals surface area contributed by atoms with E-state index in [0.717, 1.165) is 35.1 Å². The number of hydrogen-bond acceptors (Lipinski definition) is 5. The highest BCUT2D eigenvalue weighted by Crippen LogP contribution is 2.25. The number of unbranched alkanes of at least 4 members (excludes halogenated alkanes) is 1. The maximum atomic E-state index is 11.6. The Bertz CT molecular complexity index is 1080. The van der Waals surface area contributed by atoms with Gasteiger partial charge in [0.25, 0.3) is 0 Å². The normalized spacial score (nSPS) is 13.0. The van der Waals surface area contributed by atoms with Gasteiger partial charge in [-0.2, -0.15) is 0 Å². The standard InChI is InChI=1S/C25H29NO4/c1-5-6-13-29-19-10-8-18(9-11-19)23-15-21(26-24(16(2)3)25(27)28)20-14-17(4)7-12-22(20)30-23/h7-12,14-16,24H,5-6,13H2,1-4H3,(H,27,28)/p-1/t24-/m1/s1. The second-order valence-electron chi connectivity index (χ2n) is 7.86. The number of aryl methyl sites for hydroxylation is 1. The molecule has 0 unspecified atom stereocenters. The topological polar surface area (TPSA) is 74.9 Å². The maximum absolute atomic E-state index is 11.6. The van der Waals surface area contributed by atoms with Crippen LogP contribution in [0.1, 0.15) is 39.2 Å². The van der Waals surface area contributed by atoms with Crippen LogP contribution < -0.4 is 15.2 Å². The Morgan fingerprint density at radius 2 is 1.87 bits per heavy atom. The summed E-state index contributed by atoms with van der Waals surface area (Å²) in [6, 6.07) is 14.4. The van der Waals surface area contributed by atoms with E-state index in [1.165, 1.54) is 0 Å². The molecule has 0 aliphatic carbocycles. The lowest BCUT2D eigenvalue weighted by atomic mass is 10.0. The van der Waals surface area contributed by atoms with Gasteiger partial charge in [-0.3, -0.25) is 4.99 Å². The number of ether oxygens (including phenoxy) is 1. The molecule has 3 aromatic rings. The number of carboxylic acid groups (broad SMARTS) is 1. The monoisotopic (exact) mass is 406 g/mol. The van der Waals surface area contributed by atoms with Crippen molar-refractivity contribution in [1.82, 2.24) is 0 Å². The predicted molar refractivity (Wildman–Crippen MR) is 116 cm³/mol. The highest BCUT2D eigenvalue weighted by Gasteiger charge is 2.14. The van der Waals surface area contributed by atoms with E-state index < -0.39 is 12.0 Å². The van der Waals surface area contributed by atoms with Crippen LogP contribution in [0, 0.1) is 12.8 Å². The number of fused-ring (bicyclic) bond motifs is 1. The van der Waals surface area contributed by atoms with Crippen molar-refractivity contribution in [3.05, 3.63) is 59.5 Å². The fourth-order valence-electron chi connectivity index (χ4n) is 3.21. The number of carbonyl (C=O) groups excluding carboxylic acids is 1. The van der Waals surface area contributed by atoms with Crippen molar-refractivity contribution in [2.24, 2.45) is 10.9 Å². The number of carboxylic acids is 1. The second-order valence-corrected chi connectivity index (χ2v) is 7.86. The van der Waals surface area contributed by atoms with Crippen molar-refractivity contribution in [3.63, 3.8) is 0 Å². The molecular weight excluding hydrogens is 378 g/mol. The zero-order chi connectivity index (χ0) is 21.7. The summed E-state index contributed by atoms with van der Waals surface area (Å²) in [5.41, 5.74) is 2.57. The molecular formula is C25H28NO4-. The van der Waals surface area contributed by atoms with Gasteiger partial charge in [-0.25, -0.2) is 0 Å². The molecule has 0 bridgehead atoms. The average Bonchev–Trinajstić information content (AvgIpc) is 2.72. The van der Waals surface area contributed by atoms with Crippen molar-refractivity contribution in [2.45, 2.75) is 46.6 Å². The van der Waals surface area contributed by atoms with E-state index in [-0.39, 0.29) is 5.92 Å². The molecule has 1 heterocycles. The first-order valence-electron chi connectivity index (χ1n) is 10.4. The number of aliphatic carboxylic acids is 1. The van der Waals surface area contributed by atoms with Crippen LogP contribution in [-0.4, -0.2) is 18.6 Å². The number of nitrogens with zero attached hydrogens (tertiary/aromatic N) is 1. The summed E-state index contributed by atoms with van der Waals surface area (Å²) in [5.74, 6) is 0.0631. The smallest absolute Gasteiger partial charge is 0.136 e. The average molecular weight is 407 g/mol. The molecule has 0 N–H and O–H groups in total. The Balaban J connectivity index is 2.08. The van der Waals surface area contributed by atoms with Crippen LogP contribution in [0.4, 0.5) is 0 Å². The van der Waals surface area contributed by atoms with Crippen LogP contribution in [-0.2, 0) is 4.79 Å². The Labute approximate surface area is 177 Å². The minimum absolute atomic E-state index is 0.185. The summed E-state index contributed by atoms with van der Waals surface area (Å²) in [5, 5.41) is 13.0. The zero-order valence-corrected chi connectivity index (χ0v) is 18.0. The zero-order valence-electron chi connectivity index (χ0n) is 18.0. The molecule has 1 atom stereocenters. The Kier molecular flexibility index (Phi) is 6.93. The van der Waals surface area contributed by atoms with Crippen molar-refractivity contribution >= 4 is 16.9 Å². The fourth-order valence-corrected chi connectivity index (χ4v) is 3.21.